The first kappa shape index (κ1) is 7.84. The Morgan fingerprint density at radius 2 is 2.27 bits per heavy atom. The van der Waals surface area contributed by atoms with Crippen molar-refractivity contribution >= 4 is 12.0 Å². The standard InChI is InChI=1S/C6H10N2O3/c1-2-3-4(5(9)10)8-6(11)7-3/h3-4H,2H2,1H3,(H,9,10)(H2,7,8,11). The van der Waals surface area contributed by atoms with E-state index < -0.39 is 18.0 Å². The molecule has 1 saturated heterocycles. The average Bonchev–Trinajstić information content (AvgIpc) is 2.30. The molecule has 5 heteroatoms. The average molecular weight is 158 g/mol. The number of aliphatic carboxylic acids is 1. The highest BCUT2D eigenvalue weighted by atomic mass is 16.4. The normalized spacial score (nSPS) is 29.4. The maximum Gasteiger partial charge on any atom is 0.328 e. The minimum atomic E-state index is -0.991. The number of nitrogens with one attached hydrogen (secondary N) is 2. The molecule has 0 spiro atoms. The molecule has 1 heterocycles. The highest BCUT2D eigenvalue weighted by molar-refractivity contribution is 5.87. The highest BCUT2D eigenvalue weighted by Crippen LogP contribution is 2.04. The Hall–Kier alpha value is -1.26. The van der Waals surface area contributed by atoms with Gasteiger partial charge in [-0.25, -0.2) is 9.59 Å². The number of carbonyl (C=O) groups excluding carboxylic acids is 1. The van der Waals surface area contributed by atoms with Gasteiger partial charge in [-0.05, 0) is 6.42 Å². The lowest BCUT2D eigenvalue weighted by Crippen LogP contribution is -2.39. The van der Waals surface area contributed by atoms with Crippen LogP contribution in [0.15, 0.2) is 0 Å². The van der Waals surface area contributed by atoms with Gasteiger partial charge in [0.2, 0.25) is 0 Å². The molecule has 62 valence electrons. The van der Waals surface area contributed by atoms with Crippen LogP contribution in [-0.4, -0.2) is 29.2 Å². The molecule has 0 radical (unpaired) electrons. The van der Waals surface area contributed by atoms with Gasteiger partial charge in [-0.15, -0.1) is 0 Å². The molecule has 0 aromatic rings. The molecule has 1 rings (SSSR count). The van der Waals surface area contributed by atoms with Gasteiger partial charge in [-0.3, -0.25) is 0 Å². The second-order valence-electron chi connectivity index (χ2n) is 2.45. The second-order valence-corrected chi connectivity index (χ2v) is 2.45. The number of carbonyl (C=O) groups is 2. The topological polar surface area (TPSA) is 78.4 Å². The smallest absolute Gasteiger partial charge is 0.328 e. The first-order chi connectivity index (χ1) is 5.15. The van der Waals surface area contributed by atoms with Gasteiger partial charge in [-0.2, -0.15) is 0 Å². The van der Waals surface area contributed by atoms with E-state index in [0.29, 0.717) is 6.42 Å². The van der Waals surface area contributed by atoms with Gasteiger partial charge in [0.25, 0.3) is 0 Å². The van der Waals surface area contributed by atoms with Crippen molar-refractivity contribution in [1.82, 2.24) is 10.6 Å². The van der Waals surface area contributed by atoms with Crippen LogP contribution in [0, 0.1) is 0 Å². The van der Waals surface area contributed by atoms with E-state index in [1.54, 1.807) is 0 Å². The van der Waals surface area contributed by atoms with Gasteiger partial charge in [0.05, 0.1) is 6.04 Å². The van der Waals surface area contributed by atoms with Crippen molar-refractivity contribution in [2.45, 2.75) is 25.4 Å². The third-order valence-corrected chi connectivity index (χ3v) is 1.71. The third kappa shape index (κ3) is 1.42. The highest BCUT2D eigenvalue weighted by Gasteiger charge is 2.35. The molecule has 0 aromatic carbocycles. The van der Waals surface area contributed by atoms with Crippen LogP contribution in [0.25, 0.3) is 0 Å². The Morgan fingerprint density at radius 1 is 1.64 bits per heavy atom. The van der Waals surface area contributed by atoms with E-state index in [1.165, 1.54) is 0 Å². The van der Waals surface area contributed by atoms with E-state index in [-0.39, 0.29) is 6.04 Å². The van der Waals surface area contributed by atoms with E-state index in [9.17, 15) is 9.59 Å². The van der Waals surface area contributed by atoms with Crippen LogP contribution in [0.3, 0.4) is 0 Å². The summed E-state index contributed by atoms with van der Waals surface area (Å²) >= 11 is 0. The molecule has 1 aliphatic rings. The summed E-state index contributed by atoms with van der Waals surface area (Å²) in [6.45, 7) is 1.83. The largest absolute Gasteiger partial charge is 0.480 e. The molecule has 11 heavy (non-hydrogen) atoms. The summed E-state index contributed by atoms with van der Waals surface area (Å²) in [5, 5.41) is 13.4. The van der Waals surface area contributed by atoms with Crippen molar-refractivity contribution in [3.05, 3.63) is 0 Å². The fourth-order valence-electron chi connectivity index (χ4n) is 1.11. The summed E-state index contributed by atoms with van der Waals surface area (Å²) in [6, 6.07) is -1.45. The molecule has 0 bridgehead atoms. The lowest BCUT2D eigenvalue weighted by Gasteiger charge is -2.10. The number of rotatable bonds is 2. The molecular weight excluding hydrogens is 148 g/mol. The van der Waals surface area contributed by atoms with Crippen LogP contribution in [0.2, 0.25) is 0 Å². The van der Waals surface area contributed by atoms with Crippen molar-refractivity contribution < 1.29 is 14.7 Å². The molecule has 3 N–H and O–H groups in total. The van der Waals surface area contributed by atoms with Crippen LogP contribution in [0.4, 0.5) is 4.79 Å². The SMILES string of the molecule is CCC1NC(=O)NC1C(=O)O. The summed E-state index contributed by atoms with van der Waals surface area (Å²) in [5.74, 6) is -0.991. The van der Waals surface area contributed by atoms with Gasteiger partial charge < -0.3 is 15.7 Å². The molecule has 1 aliphatic heterocycles. The predicted octanol–water partition coefficient (Wildman–Crippen LogP) is -0.469. The minimum Gasteiger partial charge on any atom is -0.480 e. The molecule has 2 unspecified atom stereocenters. The summed E-state index contributed by atoms with van der Waals surface area (Å²) in [4.78, 5) is 21.1. The number of carboxylic acids is 1. The fraction of sp³-hybridized carbons (Fsp3) is 0.667. The van der Waals surface area contributed by atoms with Gasteiger partial charge in [-0.1, -0.05) is 6.92 Å². The van der Waals surface area contributed by atoms with Gasteiger partial charge in [0, 0.05) is 0 Å². The van der Waals surface area contributed by atoms with Gasteiger partial charge in [0.15, 0.2) is 0 Å². The zero-order valence-electron chi connectivity index (χ0n) is 6.13. The van der Waals surface area contributed by atoms with Crippen molar-refractivity contribution in [2.75, 3.05) is 0 Å². The number of urea groups is 1. The van der Waals surface area contributed by atoms with Crippen LogP contribution < -0.4 is 10.6 Å². The van der Waals surface area contributed by atoms with Crippen molar-refractivity contribution in [3.63, 3.8) is 0 Å². The monoisotopic (exact) mass is 158 g/mol. The van der Waals surface area contributed by atoms with E-state index in [2.05, 4.69) is 10.6 Å². The lowest BCUT2D eigenvalue weighted by atomic mass is 10.1. The molecule has 2 amide bonds. The lowest BCUT2D eigenvalue weighted by molar-refractivity contribution is -0.139. The van der Waals surface area contributed by atoms with Crippen molar-refractivity contribution in [1.29, 1.82) is 0 Å². The van der Waals surface area contributed by atoms with Gasteiger partial charge in [0.1, 0.15) is 6.04 Å². The van der Waals surface area contributed by atoms with Crippen LogP contribution in [0.1, 0.15) is 13.3 Å². The molecule has 0 aromatic heterocycles. The number of amides is 2. The molecule has 1 fully saturated rings. The van der Waals surface area contributed by atoms with E-state index in [4.69, 9.17) is 5.11 Å². The predicted molar refractivity (Wildman–Crippen MR) is 37.2 cm³/mol. The first-order valence-electron chi connectivity index (χ1n) is 3.45. The number of carboxylic acid groups (broad SMARTS) is 1. The molecular formula is C6H10N2O3. The van der Waals surface area contributed by atoms with E-state index in [0.717, 1.165) is 0 Å². The Labute approximate surface area is 63.8 Å². The Balaban J connectivity index is 2.64. The van der Waals surface area contributed by atoms with Crippen molar-refractivity contribution in [3.8, 4) is 0 Å². The first-order valence-corrected chi connectivity index (χ1v) is 3.45. The summed E-state index contributed by atoms with van der Waals surface area (Å²) in [6.07, 6.45) is 0.621. The van der Waals surface area contributed by atoms with Crippen LogP contribution >= 0.6 is 0 Å². The Morgan fingerprint density at radius 3 is 2.64 bits per heavy atom. The molecule has 2 atom stereocenters. The van der Waals surface area contributed by atoms with Crippen molar-refractivity contribution in [2.24, 2.45) is 0 Å². The number of hydrogen-bond donors (Lipinski definition) is 3. The zero-order valence-corrected chi connectivity index (χ0v) is 6.13. The van der Waals surface area contributed by atoms with Crippen LogP contribution in [0.5, 0.6) is 0 Å². The summed E-state index contributed by atoms with van der Waals surface area (Å²) < 4.78 is 0. The summed E-state index contributed by atoms with van der Waals surface area (Å²) in [7, 11) is 0. The second kappa shape index (κ2) is 2.77. The molecule has 5 nitrogen and oxygen atoms in total. The molecule has 0 aliphatic carbocycles. The Kier molecular flexibility index (Phi) is 1.98. The fourth-order valence-corrected chi connectivity index (χ4v) is 1.11. The maximum absolute atomic E-state index is 10.6. The van der Waals surface area contributed by atoms with E-state index >= 15 is 0 Å². The van der Waals surface area contributed by atoms with Gasteiger partial charge >= 0.3 is 12.0 Å². The van der Waals surface area contributed by atoms with E-state index in [1.807, 2.05) is 6.92 Å². The maximum atomic E-state index is 10.6. The number of hydrogen-bond acceptors (Lipinski definition) is 2. The Bertz CT molecular complexity index is 192. The van der Waals surface area contributed by atoms with Crippen LogP contribution in [-0.2, 0) is 4.79 Å². The zero-order chi connectivity index (χ0) is 8.43. The summed E-state index contributed by atoms with van der Waals surface area (Å²) in [5.41, 5.74) is 0. The quantitative estimate of drug-likeness (QED) is 0.508. The third-order valence-electron chi connectivity index (χ3n) is 1.71. The molecule has 0 saturated carbocycles. The minimum absolute atomic E-state index is 0.278.